The van der Waals surface area contributed by atoms with E-state index in [1.54, 1.807) is 0 Å². The van der Waals surface area contributed by atoms with E-state index in [0.717, 1.165) is 12.8 Å². The molecule has 35 heavy (non-hydrogen) atoms. The standard InChI is InChI=1S/C27H34O8/c1-17-8-10-26-15-32-24(30)13-18(2)9-11-31-22(28)6-4-5-7-23(29)35-19-14-21(34-20(26)12-17)27(16-33-27)25(19,26)3/h4-7,12,18-21H,8-11,13-16H2,1-3H3/b6-4+,7-5-/t18-,19-,20-,21-,25-,26-,27+/m1/s1. The summed E-state index contributed by atoms with van der Waals surface area (Å²) in [6.07, 6.45) is 9.63. The van der Waals surface area contributed by atoms with Crippen LogP contribution in [0.4, 0.5) is 0 Å². The van der Waals surface area contributed by atoms with Crippen LogP contribution in [0.5, 0.6) is 0 Å². The molecule has 1 saturated carbocycles. The zero-order chi connectivity index (χ0) is 24.8. The van der Waals surface area contributed by atoms with Crippen LogP contribution in [0, 0.1) is 16.7 Å². The summed E-state index contributed by atoms with van der Waals surface area (Å²) in [7, 11) is 0. The highest BCUT2D eigenvalue weighted by atomic mass is 16.6. The van der Waals surface area contributed by atoms with Gasteiger partial charge in [0, 0.05) is 30.4 Å². The fourth-order valence-electron chi connectivity index (χ4n) is 6.65. The lowest BCUT2D eigenvalue weighted by atomic mass is 9.51. The minimum atomic E-state index is -0.592. The zero-order valence-corrected chi connectivity index (χ0v) is 20.6. The van der Waals surface area contributed by atoms with Crippen LogP contribution in [0.25, 0.3) is 0 Å². The maximum absolute atomic E-state index is 12.9. The predicted octanol–water partition coefficient (Wildman–Crippen LogP) is 3.20. The molecule has 5 rings (SSSR count). The van der Waals surface area contributed by atoms with E-state index in [9.17, 15) is 14.4 Å². The first-order valence-corrected chi connectivity index (χ1v) is 12.5. The highest BCUT2D eigenvalue weighted by Crippen LogP contribution is 2.72. The predicted molar refractivity (Wildman–Crippen MR) is 124 cm³/mol. The van der Waals surface area contributed by atoms with E-state index in [-0.39, 0.29) is 43.7 Å². The van der Waals surface area contributed by atoms with Gasteiger partial charge in [0.1, 0.15) is 18.3 Å². The molecule has 7 atom stereocenters. The third-order valence-corrected chi connectivity index (χ3v) is 8.91. The largest absolute Gasteiger partial charge is 0.465 e. The van der Waals surface area contributed by atoms with Crippen molar-refractivity contribution in [1.82, 2.24) is 0 Å². The van der Waals surface area contributed by atoms with E-state index in [0.29, 0.717) is 19.4 Å². The van der Waals surface area contributed by atoms with Crippen molar-refractivity contribution >= 4 is 17.9 Å². The SMILES string of the molecule is CC1=C[C@H]2O[C@@H]3C[C@H]4OC(=O)/C=C\C=C\C(=O)OCC[C@@H](C)CC(=O)OC[C@@]2(CC1)[C@]4(C)[C@]31CO1. The van der Waals surface area contributed by atoms with Crippen LogP contribution >= 0.6 is 0 Å². The highest BCUT2D eigenvalue weighted by molar-refractivity contribution is 5.84. The number of cyclic esters (lactones) is 2. The van der Waals surface area contributed by atoms with Gasteiger partial charge in [-0.1, -0.05) is 37.6 Å². The summed E-state index contributed by atoms with van der Waals surface area (Å²) >= 11 is 0. The molecular formula is C27H34O8. The van der Waals surface area contributed by atoms with Gasteiger partial charge in [-0.2, -0.15) is 0 Å². The van der Waals surface area contributed by atoms with Crippen molar-refractivity contribution in [2.24, 2.45) is 16.7 Å². The van der Waals surface area contributed by atoms with Gasteiger partial charge in [0.15, 0.2) is 0 Å². The molecule has 5 aliphatic rings. The van der Waals surface area contributed by atoms with Crippen molar-refractivity contribution in [1.29, 1.82) is 0 Å². The van der Waals surface area contributed by atoms with Gasteiger partial charge in [0.2, 0.25) is 0 Å². The fourth-order valence-corrected chi connectivity index (χ4v) is 6.65. The number of epoxide rings is 1. The molecule has 0 aromatic rings. The molecule has 8 heteroatoms. The Kier molecular flexibility index (Phi) is 6.16. The molecule has 0 radical (unpaired) electrons. The first kappa shape index (κ1) is 24.3. The van der Waals surface area contributed by atoms with Crippen molar-refractivity contribution in [3.63, 3.8) is 0 Å². The van der Waals surface area contributed by atoms with Crippen LogP contribution in [0.2, 0.25) is 0 Å². The molecule has 3 aliphatic heterocycles. The summed E-state index contributed by atoms with van der Waals surface area (Å²) < 4.78 is 29.9. The number of rotatable bonds is 0. The Morgan fingerprint density at radius 1 is 1.00 bits per heavy atom. The zero-order valence-electron chi connectivity index (χ0n) is 20.6. The van der Waals surface area contributed by atoms with E-state index in [1.165, 1.54) is 29.9 Å². The van der Waals surface area contributed by atoms with Crippen LogP contribution < -0.4 is 0 Å². The molecule has 2 spiro atoms. The third-order valence-electron chi connectivity index (χ3n) is 8.91. The number of esters is 3. The van der Waals surface area contributed by atoms with Gasteiger partial charge < -0.3 is 23.7 Å². The Morgan fingerprint density at radius 2 is 1.74 bits per heavy atom. The molecule has 0 aromatic heterocycles. The number of carbonyl (C=O) groups is 3. The molecule has 2 saturated heterocycles. The fraction of sp³-hybridized carbons (Fsp3) is 0.667. The Morgan fingerprint density at radius 3 is 2.49 bits per heavy atom. The quantitative estimate of drug-likeness (QED) is 0.223. The molecule has 0 N–H and O–H groups in total. The highest BCUT2D eigenvalue weighted by Gasteiger charge is 2.83. The molecule has 8 nitrogen and oxygen atoms in total. The second-order valence-corrected chi connectivity index (χ2v) is 10.9. The summed E-state index contributed by atoms with van der Waals surface area (Å²) in [6, 6.07) is 0. The van der Waals surface area contributed by atoms with E-state index >= 15 is 0 Å². The Bertz CT molecular complexity index is 991. The number of carbonyl (C=O) groups excluding carboxylic acids is 3. The maximum atomic E-state index is 12.9. The topological polar surface area (TPSA) is 101 Å². The third kappa shape index (κ3) is 3.95. The lowest BCUT2D eigenvalue weighted by Gasteiger charge is -2.58. The lowest BCUT2D eigenvalue weighted by Crippen LogP contribution is -2.66. The second kappa shape index (κ2) is 8.89. The van der Waals surface area contributed by atoms with Crippen molar-refractivity contribution < 1.29 is 38.1 Å². The number of hydrogen-bond acceptors (Lipinski definition) is 8. The van der Waals surface area contributed by atoms with E-state index in [2.05, 4.69) is 19.9 Å². The van der Waals surface area contributed by atoms with Gasteiger partial charge in [-0.15, -0.1) is 0 Å². The number of hydrogen-bond donors (Lipinski definition) is 0. The number of allylic oxidation sites excluding steroid dienone is 3. The molecular weight excluding hydrogens is 452 g/mol. The average molecular weight is 487 g/mol. The van der Waals surface area contributed by atoms with Gasteiger partial charge in [0.05, 0.1) is 30.8 Å². The van der Waals surface area contributed by atoms with Crippen molar-refractivity contribution in [3.05, 3.63) is 36.0 Å². The summed E-state index contributed by atoms with van der Waals surface area (Å²) in [6.45, 7) is 7.06. The minimum absolute atomic E-state index is 0.000663. The first-order valence-electron chi connectivity index (χ1n) is 12.5. The van der Waals surface area contributed by atoms with Crippen LogP contribution in [0.1, 0.15) is 52.9 Å². The van der Waals surface area contributed by atoms with Gasteiger partial charge >= 0.3 is 17.9 Å². The molecule has 3 fully saturated rings. The smallest absolute Gasteiger partial charge is 0.331 e. The van der Waals surface area contributed by atoms with Crippen LogP contribution in [-0.4, -0.2) is 61.6 Å². The molecule has 2 aliphatic carbocycles. The Balaban J connectivity index is 1.51. The van der Waals surface area contributed by atoms with Crippen molar-refractivity contribution in [2.45, 2.75) is 76.8 Å². The van der Waals surface area contributed by atoms with Crippen LogP contribution in [0.15, 0.2) is 36.0 Å². The average Bonchev–Trinajstić information content (AvgIpc) is 3.58. The molecule has 2 bridgehead atoms. The van der Waals surface area contributed by atoms with Crippen molar-refractivity contribution in [2.75, 3.05) is 19.8 Å². The van der Waals surface area contributed by atoms with Gasteiger partial charge in [-0.3, -0.25) is 4.79 Å². The molecule has 0 aromatic carbocycles. The van der Waals surface area contributed by atoms with Gasteiger partial charge in [-0.25, -0.2) is 9.59 Å². The first-order chi connectivity index (χ1) is 16.7. The Labute approximate surface area is 205 Å². The summed E-state index contributed by atoms with van der Waals surface area (Å²) in [5.74, 6) is -1.30. The van der Waals surface area contributed by atoms with E-state index in [1.807, 2.05) is 6.92 Å². The summed E-state index contributed by atoms with van der Waals surface area (Å²) in [5, 5.41) is 0. The van der Waals surface area contributed by atoms with Gasteiger partial charge in [0.25, 0.3) is 0 Å². The van der Waals surface area contributed by atoms with Gasteiger partial charge in [-0.05, 0) is 32.1 Å². The lowest BCUT2D eigenvalue weighted by molar-refractivity contribution is -0.233. The minimum Gasteiger partial charge on any atom is -0.465 e. The monoisotopic (exact) mass is 486 g/mol. The maximum Gasteiger partial charge on any atom is 0.331 e. The normalized spacial score (nSPS) is 45.7. The molecule has 0 amide bonds. The van der Waals surface area contributed by atoms with Crippen LogP contribution in [-0.2, 0) is 38.1 Å². The summed E-state index contributed by atoms with van der Waals surface area (Å²) in [4.78, 5) is 37.5. The molecule has 3 heterocycles. The van der Waals surface area contributed by atoms with Crippen LogP contribution in [0.3, 0.4) is 0 Å². The second-order valence-electron chi connectivity index (χ2n) is 10.9. The summed E-state index contributed by atoms with van der Waals surface area (Å²) in [5.41, 5.74) is -0.481. The molecule has 190 valence electrons. The Hall–Kier alpha value is -2.45. The van der Waals surface area contributed by atoms with E-state index in [4.69, 9.17) is 23.7 Å². The number of ether oxygens (including phenoxy) is 5. The van der Waals surface area contributed by atoms with E-state index < -0.39 is 34.5 Å². The van der Waals surface area contributed by atoms with Crippen molar-refractivity contribution in [3.8, 4) is 0 Å². The molecule has 0 unspecified atom stereocenters.